The Bertz CT molecular complexity index is 600. The van der Waals surface area contributed by atoms with Crippen LogP contribution in [0.15, 0.2) is 4.52 Å². The summed E-state index contributed by atoms with van der Waals surface area (Å²) in [6, 6.07) is 0. The maximum absolute atomic E-state index is 12.6. The average molecular weight is 347 g/mol. The third kappa shape index (κ3) is 4.41. The molecule has 0 aromatic carbocycles. The fourth-order valence-electron chi connectivity index (χ4n) is 4.00. The van der Waals surface area contributed by atoms with E-state index < -0.39 is 0 Å². The van der Waals surface area contributed by atoms with Gasteiger partial charge < -0.3 is 14.3 Å². The smallest absolute Gasteiger partial charge is 0.227 e. The molecule has 0 N–H and O–H groups in total. The second-order valence-corrected chi connectivity index (χ2v) is 7.45. The molecule has 138 valence electrons. The number of piperidine rings is 1. The maximum atomic E-state index is 12.6. The molecule has 0 bridgehead atoms. The van der Waals surface area contributed by atoms with Crippen molar-refractivity contribution in [3.8, 4) is 0 Å². The minimum atomic E-state index is 0.143. The van der Waals surface area contributed by atoms with Gasteiger partial charge in [0.05, 0.1) is 12.1 Å². The molecule has 6 heteroatoms. The van der Waals surface area contributed by atoms with E-state index in [2.05, 4.69) is 5.16 Å². The molecule has 2 fully saturated rings. The van der Waals surface area contributed by atoms with E-state index in [1.807, 2.05) is 23.6 Å². The SMILES string of the molecule is Cc1noc(C)c1CC(=O)N1CCCC(CCC(=O)N2CCCC2)C1. The first-order valence-electron chi connectivity index (χ1n) is 9.52. The standard InChI is InChI=1S/C19H29N3O3/c1-14-17(15(2)25-20-14)12-19(24)22-11-5-6-16(13-22)7-8-18(23)21-9-3-4-10-21/h16H,3-13H2,1-2H3. The number of amides is 2. The number of carbonyl (C=O) groups excluding carboxylic acids is 2. The minimum Gasteiger partial charge on any atom is -0.361 e. The first kappa shape index (κ1) is 18.0. The average Bonchev–Trinajstić information content (AvgIpc) is 3.26. The summed E-state index contributed by atoms with van der Waals surface area (Å²) in [5.74, 6) is 1.60. The molecule has 1 aromatic heterocycles. The summed E-state index contributed by atoms with van der Waals surface area (Å²) in [5, 5.41) is 3.93. The van der Waals surface area contributed by atoms with Crippen molar-refractivity contribution in [1.29, 1.82) is 0 Å². The molecule has 0 aliphatic carbocycles. The number of aromatic nitrogens is 1. The lowest BCUT2D eigenvalue weighted by molar-refractivity contribution is -0.132. The highest BCUT2D eigenvalue weighted by Gasteiger charge is 2.26. The Morgan fingerprint density at radius 3 is 2.48 bits per heavy atom. The molecule has 3 rings (SSSR count). The molecule has 0 radical (unpaired) electrons. The molecule has 6 nitrogen and oxygen atoms in total. The van der Waals surface area contributed by atoms with E-state index in [0.717, 1.165) is 75.3 Å². The second-order valence-electron chi connectivity index (χ2n) is 7.45. The van der Waals surface area contributed by atoms with Crippen molar-refractivity contribution < 1.29 is 14.1 Å². The Labute approximate surface area is 149 Å². The van der Waals surface area contributed by atoms with Gasteiger partial charge in [-0.3, -0.25) is 9.59 Å². The Morgan fingerprint density at radius 2 is 1.80 bits per heavy atom. The molecule has 1 atom stereocenters. The van der Waals surface area contributed by atoms with Gasteiger partial charge in [-0.05, 0) is 51.9 Å². The van der Waals surface area contributed by atoms with E-state index in [1.165, 1.54) is 0 Å². The Balaban J connectivity index is 1.48. The topological polar surface area (TPSA) is 66.7 Å². The van der Waals surface area contributed by atoms with Gasteiger partial charge in [-0.2, -0.15) is 0 Å². The molecule has 0 spiro atoms. The maximum Gasteiger partial charge on any atom is 0.227 e. The van der Waals surface area contributed by atoms with Crippen LogP contribution in [0.4, 0.5) is 0 Å². The van der Waals surface area contributed by atoms with Gasteiger partial charge in [-0.25, -0.2) is 0 Å². The predicted octanol–water partition coefficient (Wildman–Crippen LogP) is 2.48. The number of hydrogen-bond acceptors (Lipinski definition) is 4. The predicted molar refractivity (Wildman–Crippen MR) is 94.0 cm³/mol. The zero-order chi connectivity index (χ0) is 17.8. The summed E-state index contributed by atoms with van der Waals surface area (Å²) in [6.45, 7) is 7.17. The van der Waals surface area contributed by atoms with Gasteiger partial charge in [0.2, 0.25) is 11.8 Å². The zero-order valence-corrected chi connectivity index (χ0v) is 15.4. The first-order valence-corrected chi connectivity index (χ1v) is 9.52. The van der Waals surface area contributed by atoms with E-state index in [-0.39, 0.29) is 11.8 Å². The van der Waals surface area contributed by atoms with Crippen LogP contribution in [0, 0.1) is 19.8 Å². The molecule has 2 aliphatic rings. The Hall–Kier alpha value is -1.85. The summed E-state index contributed by atoms with van der Waals surface area (Å²) < 4.78 is 5.16. The summed E-state index contributed by atoms with van der Waals surface area (Å²) in [5.41, 5.74) is 1.71. The normalized spacial score (nSPS) is 21.0. The summed E-state index contributed by atoms with van der Waals surface area (Å²) in [7, 11) is 0. The van der Waals surface area contributed by atoms with Crippen LogP contribution in [0.25, 0.3) is 0 Å². The third-order valence-corrected chi connectivity index (χ3v) is 5.61. The fourth-order valence-corrected chi connectivity index (χ4v) is 4.00. The van der Waals surface area contributed by atoms with Crippen molar-refractivity contribution in [1.82, 2.24) is 15.0 Å². The number of rotatable bonds is 5. The quantitative estimate of drug-likeness (QED) is 0.821. The van der Waals surface area contributed by atoms with E-state index in [9.17, 15) is 9.59 Å². The molecule has 2 aliphatic heterocycles. The van der Waals surface area contributed by atoms with Gasteiger partial charge in [0.1, 0.15) is 5.76 Å². The number of aryl methyl sites for hydroxylation is 2. The Morgan fingerprint density at radius 1 is 1.08 bits per heavy atom. The highest BCUT2D eigenvalue weighted by atomic mass is 16.5. The van der Waals surface area contributed by atoms with Gasteiger partial charge in [0.15, 0.2) is 0 Å². The van der Waals surface area contributed by atoms with Crippen LogP contribution in [0.2, 0.25) is 0 Å². The van der Waals surface area contributed by atoms with E-state index in [1.54, 1.807) is 0 Å². The molecular weight excluding hydrogens is 318 g/mol. The number of nitrogens with zero attached hydrogens (tertiary/aromatic N) is 3. The van der Waals surface area contributed by atoms with Crippen LogP contribution in [-0.4, -0.2) is 52.9 Å². The van der Waals surface area contributed by atoms with E-state index in [4.69, 9.17) is 4.52 Å². The van der Waals surface area contributed by atoms with Gasteiger partial charge in [-0.1, -0.05) is 5.16 Å². The third-order valence-electron chi connectivity index (χ3n) is 5.61. The molecule has 1 aromatic rings. The van der Waals surface area contributed by atoms with Crippen LogP contribution in [0.3, 0.4) is 0 Å². The fraction of sp³-hybridized carbons (Fsp3) is 0.737. The molecule has 25 heavy (non-hydrogen) atoms. The lowest BCUT2D eigenvalue weighted by atomic mass is 9.92. The first-order chi connectivity index (χ1) is 12.0. The summed E-state index contributed by atoms with van der Waals surface area (Å²) in [4.78, 5) is 28.8. The lowest BCUT2D eigenvalue weighted by Crippen LogP contribution is -2.41. The van der Waals surface area contributed by atoms with Crippen LogP contribution in [0.5, 0.6) is 0 Å². The van der Waals surface area contributed by atoms with Crippen LogP contribution < -0.4 is 0 Å². The van der Waals surface area contributed by atoms with Crippen molar-refractivity contribution in [3.63, 3.8) is 0 Å². The zero-order valence-electron chi connectivity index (χ0n) is 15.4. The van der Waals surface area contributed by atoms with Gasteiger partial charge >= 0.3 is 0 Å². The highest BCUT2D eigenvalue weighted by molar-refractivity contribution is 5.79. The Kier molecular flexibility index (Phi) is 5.76. The monoisotopic (exact) mass is 347 g/mol. The molecule has 1 unspecified atom stereocenters. The summed E-state index contributed by atoms with van der Waals surface area (Å²) in [6.07, 6.45) is 6.29. The molecule has 2 amide bonds. The molecular formula is C19H29N3O3. The van der Waals surface area contributed by atoms with Gasteiger partial charge in [-0.15, -0.1) is 0 Å². The number of likely N-dealkylation sites (tertiary alicyclic amines) is 2. The second kappa shape index (κ2) is 8.02. The lowest BCUT2D eigenvalue weighted by Gasteiger charge is -2.33. The number of hydrogen-bond donors (Lipinski definition) is 0. The van der Waals surface area contributed by atoms with Crippen LogP contribution >= 0.6 is 0 Å². The molecule has 2 saturated heterocycles. The van der Waals surface area contributed by atoms with Crippen molar-refractivity contribution in [2.24, 2.45) is 5.92 Å². The van der Waals surface area contributed by atoms with Crippen molar-refractivity contribution in [2.75, 3.05) is 26.2 Å². The van der Waals surface area contributed by atoms with Gasteiger partial charge in [0, 0.05) is 38.2 Å². The molecule has 0 saturated carbocycles. The summed E-state index contributed by atoms with van der Waals surface area (Å²) >= 11 is 0. The molecule has 3 heterocycles. The largest absolute Gasteiger partial charge is 0.361 e. The van der Waals surface area contributed by atoms with Crippen LogP contribution in [0.1, 0.15) is 55.5 Å². The van der Waals surface area contributed by atoms with E-state index >= 15 is 0 Å². The highest BCUT2D eigenvalue weighted by Crippen LogP contribution is 2.23. The van der Waals surface area contributed by atoms with E-state index in [0.29, 0.717) is 18.8 Å². The van der Waals surface area contributed by atoms with Crippen molar-refractivity contribution in [2.45, 2.75) is 58.8 Å². The van der Waals surface area contributed by atoms with Crippen molar-refractivity contribution >= 4 is 11.8 Å². The van der Waals surface area contributed by atoms with Crippen molar-refractivity contribution in [3.05, 3.63) is 17.0 Å². The van der Waals surface area contributed by atoms with Crippen LogP contribution in [-0.2, 0) is 16.0 Å². The minimum absolute atomic E-state index is 0.143. The number of carbonyl (C=O) groups is 2. The van der Waals surface area contributed by atoms with Gasteiger partial charge in [0.25, 0.3) is 0 Å².